The first-order chi connectivity index (χ1) is 18.5. The molecule has 1 unspecified atom stereocenters. The van der Waals surface area contributed by atoms with E-state index in [0.29, 0.717) is 22.0 Å². The van der Waals surface area contributed by atoms with Crippen LogP contribution in [-0.2, 0) is 4.79 Å². The lowest BCUT2D eigenvalue weighted by Crippen LogP contribution is -2.19. The van der Waals surface area contributed by atoms with E-state index >= 15 is 0 Å². The quantitative estimate of drug-likeness (QED) is 0.205. The molecule has 2 N–H and O–H groups in total. The fourth-order valence-corrected chi connectivity index (χ4v) is 5.33. The predicted octanol–water partition coefficient (Wildman–Crippen LogP) is 8.53. The summed E-state index contributed by atoms with van der Waals surface area (Å²) in [7, 11) is 0. The van der Waals surface area contributed by atoms with Crippen LogP contribution >= 0.6 is 23.4 Å². The van der Waals surface area contributed by atoms with Gasteiger partial charge in [-0.1, -0.05) is 78.3 Å². The van der Waals surface area contributed by atoms with E-state index in [-0.39, 0.29) is 11.8 Å². The molecule has 0 aliphatic heterocycles. The molecule has 5 aromatic rings. The fraction of sp³-hybridized carbons (Fsp3) is 0.0625. The first kappa shape index (κ1) is 25.6. The topological polar surface area (TPSA) is 58.2 Å². The van der Waals surface area contributed by atoms with E-state index in [1.54, 1.807) is 6.07 Å². The number of thioether (sulfide) groups is 1. The molecule has 0 aromatic heterocycles. The van der Waals surface area contributed by atoms with E-state index in [9.17, 15) is 9.59 Å². The number of amides is 2. The number of fused-ring (bicyclic) bond motifs is 1. The second-order valence-electron chi connectivity index (χ2n) is 8.85. The molecule has 6 heteroatoms. The summed E-state index contributed by atoms with van der Waals surface area (Å²) in [6, 6.07) is 36.3. The van der Waals surface area contributed by atoms with Crippen LogP contribution in [0.25, 0.3) is 10.8 Å². The highest BCUT2D eigenvalue weighted by Crippen LogP contribution is 2.37. The molecule has 0 saturated heterocycles. The third-order valence-corrected chi connectivity index (χ3v) is 7.92. The molecule has 0 radical (unpaired) electrons. The molecule has 0 aliphatic carbocycles. The van der Waals surface area contributed by atoms with E-state index in [4.69, 9.17) is 11.6 Å². The molecule has 0 saturated carbocycles. The van der Waals surface area contributed by atoms with Gasteiger partial charge in [-0.05, 0) is 77.4 Å². The van der Waals surface area contributed by atoms with Crippen molar-refractivity contribution in [2.24, 2.45) is 0 Å². The summed E-state index contributed by atoms with van der Waals surface area (Å²) in [5.41, 5.74) is 3.69. The predicted molar refractivity (Wildman–Crippen MR) is 158 cm³/mol. The third kappa shape index (κ3) is 5.91. The van der Waals surface area contributed by atoms with Crippen LogP contribution in [0.15, 0.2) is 120 Å². The first-order valence-corrected chi connectivity index (χ1v) is 13.4. The fourth-order valence-electron chi connectivity index (χ4n) is 4.13. The van der Waals surface area contributed by atoms with Crippen molar-refractivity contribution in [1.29, 1.82) is 0 Å². The van der Waals surface area contributed by atoms with Gasteiger partial charge in [0.1, 0.15) is 5.25 Å². The lowest BCUT2D eigenvalue weighted by molar-refractivity contribution is -0.115. The second kappa shape index (κ2) is 11.5. The van der Waals surface area contributed by atoms with Gasteiger partial charge in [0.25, 0.3) is 5.91 Å². The number of anilines is 2. The molecule has 0 fully saturated rings. The van der Waals surface area contributed by atoms with Crippen molar-refractivity contribution in [1.82, 2.24) is 0 Å². The van der Waals surface area contributed by atoms with Crippen molar-refractivity contribution in [2.45, 2.75) is 17.1 Å². The number of nitrogens with one attached hydrogen (secondary N) is 2. The smallest absolute Gasteiger partial charge is 0.255 e. The molecule has 38 heavy (non-hydrogen) atoms. The van der Waals surface area contributed by atoms with Crippen molar-refractivity contribution >= 4 is 57.3 Å². The molecule has 5 rings (SSSR count). The molecule has 1 atom stereocenters. The number of carbonyl (C=O) groups is 2. The minimum Gasteiger partial charge on any atom is -0.325 e. The van der Waals surface area contributed by atoms with Crippen LogP contribution in [0.1, 0.15) is 26.7 Å². The highest BCUT2D eigenvalue weighted by Gasteiger charge is 2.23. The van der Waals surface area contributed by atoms with E-state index < -0.39 is 5.25 Å². The van der Waals surface area contributed by atoms with Gasteiger partial charge in [0, 0.05) is 26.9 Å². The van der Waals surface area contributed by atoms with Crippen molar-refractivity contribution in [3.05, 3.63) is 137 Å². The zero-order valence-corrected chi connectivity index (χ0v) is 22.2. The van der Waals surface area contributed by atoms with Crippen LogP contribution in [0.5, 0.6) is 0 Å². The lowest BCUT2D eigenvalue weighted by Gasteiger charge is -2.18. The Balaban J connectivity index is 1.31. The summed E-state index contributed by atoms with van der Waals surface area (Å²) < 4.78 is 0. The second-order valence-corrected chi connectivity index (χ2v) is 10.4. The molecule has 0 heterocycles. The highest BCUT2D eigenvalue weighted by molar-refractivity contribution is 8.00. The Morgan fingerprint density at radius 2 is 1.45 bits per heavy atom. The maximum atomic E-state index is 13.4. The Morgan fingerprint density at radius 3 is 2.21 bits per heavy atom. The zero-order valence-electron chi connectivity index (χ0n) is 20.6. The summed E-state index contributed by atoms with van der Waals surface area (Å²) in [4.78, 5) is 27.2. The number of hydrogen-bond acceptors (Lipinski definition) is 3. The minimum atomic E-state index is -0.479. The average Bonchev–Trinajstić information content (AvgIpc) is 2.95. The van der Waals surface area contributed by atoms with Crippen LogP contribution < -0.4 is 10.6 Å². The largest absolute Gasteiger partial charge is 0.325 e. The zero-order chi connectivity index (χ0) is 26.5. The van der Waals surface area contributed by atoms with Gasteiger partial charge in [0.15, 0.2) is 0 Å². The number of benzene rings is 5. The van der Waals surface area contributed by atoms with Crippen molar-refractivity contribution in [3.63, 3.8) is 0 Å². The summed E-state index contributed by atoms with van der Waals surface area (Å²) in [5, 5.41) is 8.23. The van der Waals surface area contributed by atoms with Crippen LogP contribution in [0, 0.1) is 6.92 Å². The molecule has 4 nitrogen and oxygen atoms in total. The van der Waals surface area contributed by atoms with Gasteiger partial charge in [-0.3, -0.25) is 9.59 Å². The highest BCUT2D eigenvalue weighted by atomic mass is 35.5. The van der Waals surface area contributed by atoms with Crippen molar-refractivity contribution in [3.8, 4) is 0 Å². The van der Waals surface area contributed by atoms with Gasteiger partial charge in [-0.25, -0.2) is 0 Å². The number of halogens is 1. The van der Waals surface area contributed by atoms with E-state index in [2.05, 4.69) is 10.6 Å². The monoisotopic (exact) mass is 536 g/mol. The normalized spacial score (nSPS) is 11.6. The van der Waals surface area contributed by atoms with Crippen molar-refractivity contribution in [2.75, 3.05) is 10.6 Å². The standard InChI is InChI=1S/C32H25ClN2O2S/c1-21-28(33)12-7-13-29(21)35-32(37)30(23-9-3-2-4-10-23)38-27-18-16-26(17-19-27)34-31(36)25-15-14-22-8-5-6-11-24(22)20-25/h2-20,30H,1H3,(H,34,36)(H,35,37). The Hall–Kier alpha value is -4.06. The lowest BCUT2D eigenvalue weighted by atomic mass is 10.1. The molecular weight excluding hydrogens is 512 g/mol. The SMILES string of the molecule is Cc1c(Cl)cccc1NC(=O)C(Sc1ccc(NC(=O)c2ccc3ccccc3c2)cc1)c1ccccc1. The van der Waals surface area contributed by atoms with Gasteiger partial charge in [-0.15, -0.1) is 11.8 Å². The Morgan fingerprint density at radius 1 is 0.737 bits per heavy atom. The van der Waals surface area contributed by atoms with Gasteiger partial charge in [0.05, 0.1) is 0 Å². The van der Waals surface area contributed by atoms with E-state index in [0.717, 1.165) is 26.8 Å². The van der Waals surface area contributed by atoms with E-state index in [1.165, 1.54) is 11.8 Å². The molecule has 0 spiro atoms. The summed E-state index contributed by atoms with van der Waals surface area (Å²) in [6.07, 6.45) is 0. The third-order valence-electron chi connectivity index (χ3n) is 6.24. The van der Waals surface area contributed by atoms with Crippen LogP contribution in [0.3, 0.4) is 0 Å². The van der Waals surface area contributed by atoms with Crippen LogP contribution in [0.2, 0.25) is 5.02 Å². The maximum Gasteiger partial charge on any atom is 0.255 e. The summed E-state index contributed by atoms with van der Waals surface area (Å²) >= 11 is 7.70. The molecule has 0 aliphatic rings. The Labute approximate surface area is 231 Å². The number of carbonyl (C=O) groups excluding carboxylic acids is 2. The Kier molecular flexibility index (Phi) is 7.78. The molecular formula is C32H25ClN2O2S. The average molecular weight is 537 g/mol. The van der Waals surface area contributed by atoms with Gasteiger partial charge < -0.3 is 10.6 Å². The summed E-state index contributed by atoms with van der Waals surface area (Å²) in [6.45, 7) is 1.88. The number of hydrogen-bond donors (Lipinski definition) is 2. The Bertz CT molecular complexity index is 1600. The summed E-state index contributed by atoms with van der Waals surface area (Å²) in [5.74, 6) is -0.310. The van der Waals surface area contributed by atoms with Gasteiger partial charge >= 0.3 is 0 Å². The minimum absolute atomic E-state index is 0.139. The number of rotatable bonds is 7. The molecule has 0 bridgehead atoms. The van der Waals surface area contributed by atoms with Crippen LogP contribution in [-0.4, -0.2) is 11.8 Å². The van der Waals surface area contributed by atoms with Gasteiger partial charge in [-0.2, -0.15) is 0 Å². The molecule has 5 aromatic carbocycles. The maximum absolute atomic E-state index is 13.4. The molecule has 188 valence electrons. The molecule has 2 amide bonds. The first-order valence-electron chi connectivity index (χ1n) is 12.2. The van der Waals surface area contributed by atoms with Gasteiger partial charge in [0.2, 0.25) is 5.91 Å². The van der Waals surface area contributed by atoms with Crippen molar-refractivity contribution < 1.29 is 9.59 Å². The van der Waals surface area contributed by atoms with Crippen LogP contribution in [0.4, 0.5) is 11.4 Å². The van der Waals surface area contributed by atoms with E-state index in [1.807, 2.05) is 116 Å².